The normalized spacial score (nSPS) is 11.6. The Bertz CT molecular complexity index is 84.3. The molecule has 0 aromatic rings. The fourth-order valence-corrected chi connectivity index (χ4v) is 2.84. The molecule has 0 saturated heterocycles. The van der Waals surface area contributed by atoms with Crippen LogP contribution in [-0.2, 0) is 4.43 Å². The third kappa shape index (κ3) is 12.2. The molecule has 0 unspecified atom stereocenters. The first-order valence-corrected chi connectivity index (χ1v) is 8.07. The van der Waals surface area contributed by atoms with Gasteiger partial charge in [-0.05, 0) is 12.5 Å². The van der Waals surface area contributed by atoms with Gasteiger partial charge < -0.3 is 4.43 Å². The molecule has 0 radical (unpaired) electrons. The average molecular weight is 216 g/mol. The van der Waals surface area contributed by atoms with Crippen molar-refractivity contribution in [1.29, 1.82) is 0 Å². The van der Waals surface area contributed by atoms with E-state index in [-0.39, 0.29) is 9.76 Å². The van der Waals surface area contributed by atoms with Gasteiger partial charge in [-0.1, -0.05) is 58.8 Å². The summed E-state index contributed by atoms with van der Waals surface area (Å²) < 4.78 is 5.57. The Hall–Kier alpha value is 0.177. The Kier molecular flexibility index (Phi) is 13.3. The first-order chi connectivity index (χ1) is 6.91. The lowest BCUT2D eigenvalue weighted by atomic mass is 10.1. The van der Waals surface area contributed by atoms with Crippen molar-refractivity contribution in [1.82, 2.24) is 0 Å². The molecule has 0 spiro atoms. The van der Waals surface area contributed by atoms with Crippen molar-refractivity contribution < 1.29 is 4.43 Å². The second-order valence-electron chi connectivity index (χ2n) is 4.09. The molecule has 0 aromatic carbocycles. The fourth-order valence-electron chi connectivity index (χ4n) is 1.58. The van der Waals surface area contributed by atoms with Gasteiger partial charge in [-0.3, -0.25) is 0 Å². The first kappa shape index (κ1) is 14.2. The summed E-state index contributed by atoms with van der Waals surface area (Å²) in [6.07, 6.45) is 11.2. The summed E-state index contributed by atoms with van der Waals surface area (Å²) in [4.78, 5) is 0. The molecule has 2 heteroatoms. The summed E-state index contributed by atoms with van der Waals surface area (Å²) in [5.41, 5.74) is 0. The average Bonchev–Trinajstić information content (AvgIpc) is 2.21. The molecular formula is C12H28OSi. The third-order valence-electron chi connectivity index (χ3n) is 2.49. The minimum atomic E-state index is -0.144. The van der Waals surface area contributed by atoms with Gasteiger partial charge in [0.25, 0.3) is 0 Å². The Balaban J connectivity index is 2.78. The van der Waals surface area contributed by atoms with Gasteiger partial charge in [-0.2, -0.15) is 0 Å². The molecule has 0 fully saturated rings. The van der Waals surface area contributed by atoms with Gasteiger partial charge in [0.2, 0.25) is 0 Å². The summed E-state index contributed by atoms with van der Waals surface area (Å²) in [5, 5.41) is 0. The second-order valence-corrected chi connectivity index (χ2v) is 5.61. The molecule has 14 heavy (non-hydrogen) atoms. The maximum absolute atomic E-state index is 5.57. The predicted octanol–water partition coefficient (Wildman–Crippen LogP) is 3.67. The van der Waals surface area contributed by atoms with E-state index in [1.165, 1.54) is 57.4 Å². The van der Waals surface area contributed by atoms with E-state index >= 15 is 0 Å². The Labute approximate surface area is 92.6 Å². The van der Waals surface area contributed by atoms with E-state index in [9.17, 15) is 0 Å². The maximum Gasteiger partial charge on any atom is 0.161 e. The van der Waals surface area contributed by atoms with Gasteiger partial charge in [-0.15, -0.1) is 0 Å². The van der Waals surface area contributed by atoms with E-state index in [4.69, 9.17) is 4.43 Å². The molecule has 86 valence electrons. The second kappa shape index (κ2) is 13.2. The van der Waals surface area contributed by atoms with Crippen LogP contribution < -0.4 is 0 Å². The lowest BCUT2D eigenvalue weighted by molar-refractivity contribution is 0.334. The third-order valence-corrected chi connectivity index (χ3v) is 3.86. The smallest absolute Gasteiger partial charge is 0.161 e. The maximum atomic E-state index is 5.57. The van der Waals surface area contributed by atoms with Crippen LogP contribution in [0.4, 0.5) is 0 Å². The van der Waals surface area contributed by atoms with E-state index in [2.05, 4.69) is 13.8 Å². The molecule has 1 nitrogen and oxygen atoms in total. The van der Waals surface area contributed by atoms with Crippen LogP contribution in [0.3, 0.4) is 0 Å². The van der Waals surface area contributed by atoms with Crippen LogP contribution in [0.5, 0.6) is 0 Å². The van der Waals surface area contributed by atoms with Crippen LogP contribution in [0.25, 0.3) is 0 Å². The van der Waals surface area contributed by atoms with Crippen LogP contribution in [0, 0.1) is 0 Å². The van der Waals surface area contributed by atoms with Crippen LogP contribution in [0.1, 0.15) is 65.2 Å². The zero-order valence-corrected chi connectivity index (χ0v) is 11.6. The van der Waals surface area contributed by atoms with E-state index in [0.717, 1.165) is 6.61 Å². The van der Waals surface area contributed by atoms with Crippen LogP contribution in [0.2, 0.25) is 6.04 Å². The van der Waals surface area contributed by atoms with Gasteiger partial charge >= 0.3 is 0 Å². The largest absolute Gasteiger partial charge is 0.424 e. The van der Waals surface area contributed by atoms with Gasteiger partial charge in [0, 0.05) is 6.61 Å². The monoisotopic (exact) mass is 216 g/mol. The summed E-state index contributed by atoms with van der Waals surface area (Å²) in [5.74, 6) is 0. The minimum absolute atomic E-state index is 0.144. The molecule has 0 amide bonds. The highest BCUT2D eigenvalue weighted by atomic mass is 28.2. The Morgan fingerprint density at radius 2 is 1.43 bits per heavy atom. The van der Waals surface area contributed by atoms with Crippen molar-refractivity contribution in [3.05, 3.63) is 0 Å². The lowest BCUT2D eigenvalue weighted by Gasteiger charge is -2.02. The SMILES string of the molecule is CCCCCCCCC[SiH2]OCCC. The molecule has 0 rings (SSSR count). The van der Waals surface area contributed by atoms with Crippen molar-refractivity contribution in [2.75, 3.05) is 6.61 Å². The topological polar surface area (TPSA) is 9.23 Å². The van der Waals surface area contributed by atoms with Crippen molar-refractivity contribution in [2.45, 2.75) is 71.3 Å². The molecule has 0 aliphatic carbocycles. The predicted molar refractivity (Wildman–Crippen MR) is 67.6 cm³/mol. The van der Waals surface area contributed by atoms with E-state index in [1.54, 1.807) is 0 Å². The summed E-state index contributed by atoms with van der Waals surface area (Å²) in [6, 6.07) is 1.40. The van der Waals surface area contributed by atoms with E-state index < -0.39 is 0 Å². The van der Waals surface area contributed by atoms with Crippen molar-refractivity contribution in [3.8, 4) is 0 Å². The van der Waals surface area contributed by atoms with Gasteiger partial charge in [0.15, 0.2) is 9.76 Å². The zero-order chi connectivity index (χ0) is 10.5. The Morgan fingerprint density at radius 1 is 0.786 bits per heavy atom. The number of hydrogen-bond donors (Lipinski definition) is 0. The van der Waals surface area contributed by atoms with Crippen LogP contribution in [-0.4, -0.2) is 16.4 Å². The minimum Gasteiger partial charge on any atom is -0.424 e. The van der Waals surface area contributed by atoms with E-state index in [0.29, 0.717) is 0 Å². The van der Waals surface area contributed by atoms with Crippen molar-refractivity contribution >= 4 is 9.76 Å². The Morgan fingerprint density at radius 3 is 2.07 bits per heavy atom. The highest BCUT2D eigenvalue weighted by Crippen LogP contribution is 2.08. The lowest BCUT2D eigenvalue weighted by Crippen LogP contribution is -1.98. The van der Waals surface area contributed by atoms with Crippen LogP contribution in [0.15, 0.2) is 0 Å². The molecule has 0 bridgehead atoms. The van der Waals surface area contributed by atoms with E-state index in [1.807, 2.05) is 0 Å². The molecular weight excluding hydrogens is 188 g/mol. The quantitative estimate of drug-likeness (QED) is 0.378. The first-order valence-electron chi connectivity index (χ1n) is 6.49. The molecule has 0 aliphatic rings. The zero-order valence-electron chi connectivity index (χ0n) is 10.2. The molecule has 0 aromatic heterocycles. The number of rotatable bonds is 11. The van der Waals surface area contributed by atoms with Crippen molar-refractivity contribution in [3.63, 3.8) is 0 Å². The summed E-state index contributed by atoms with van der Waals surface area (Å²) >= 11 is 0. The molecule has 0 heterocycles. The standard InChI is InChI=1S/C12H28OSi/c1-3-5-6-7-8-9-10-12-14-13-11-4-2/h3-12,14H2,1-2H3. The highest BCUT2D eigenvalue weighted by Gasteiger charge is 1.92. The van der Waals surface area contributed by atoms with Gasteiger partial charge in [0.05, 0.1) is 0 Å². The summed E-state index contributed by atoms with van der Waals surface area (Å²) in [6.45, 7) is 5.46. The molecule has 0 atom stereocenters. The molecule has 0 saturated carbocycles. The van der Waals surface area contributed by atoms with Crippen LogP contribution >= 0.6 is 0 Å². The van der Waals surface area contributed by atoms with Gasteiger partial charge in [-0.25, -0.2) is 0 Å². The molecule has 0 aliphatic heterocycles. The van der Waals surface area contributed by atoms with Crippen molar-refractivity contribution in [2.24, 2.45) is 0 Å². The number of hydrogen-bond acceptors (Lipinski definition) is 1. The highest BCUT2D eigenvalue weighted by molar-refractivity contribution is 6.26. The number of unbranched alkanes of at least 4 members (excludes halogenated alkanes) is 6. The van der Waals surface area contributed by atoms with Gasteiger partial charge in [0.1, 0.15) is 0 Å². The molecule has 0 N–H and O–H groups in total. The fraction of sp³-hybridized carbons (Fsp3) is 1.00. The summed E-state index contributed by atoms with van der Waals surface area (Å²) in [7, 11) is -0.144.